The first kappa shape index (κ1) is 18.1. The highest BCUT2D eigenvalue weighted by molar-refractivity contribution is 14.1. The van der Waals surface area contributed by atoms with Crippen molar-refractivity contribution in [3.63, 3.8) is 0 Å². The van der Waals surface area contributed by atoms with Crippen LogP contribution in [0.25, 0.3) is 0 Å². The number of hydrogen-bond donors (Lipinski definition) is 1. The Kier molecular flexibility index (Phi) is 6.25. The average Bonchev–Trinajstić information content (AvgIpc) is 2.64. The summed E-state index contributed by atoms with van der Waals surface area (Å²) in [6.07, 6.45) is 3.53. The van der Waals surface area contributed by atoms with Crippen molar-refractivity contribution in [2.24, 2.45) is 0 Å². The lowest BCUT2D eigenvalue weighted by Crippen LogP contribution is -2.37. The number of likely N-dealkylation sites (tertiary alicyclic amines) is 1. The van der Waals surface area contributed by atoms with Crippen molar-refractivity contribution >= 4 is 51.6 Å². The SMILES string of the molecule is O=C(Nc1ccc(I)cc1)c1cccc(OC(=S)N2CCCCC2)c1. The van der Waals surface area contributed by atoms with E-state index in [1.54, 1.807) is 18.2 Å². The second-order valence-corrected chi connectivity index (χ2v) is 7.50. The summed E-state index contributed by atoms with van der Waals surface area (Å²) in [5.41, 5.74) is 1.30. The van der Waals surface area contributed by atoms with Gasteiger partial charge in [-0.15, -0.1) is 0 Å². The van der Waals surface area contributed by atoms with Gasteiger partial charge in [0.25, 0.3) is 11.1 Å². The van der Waals surface area contributed by atoms with Crippen molar-refractivity contribution in [1.82, 2.24) is 4.90 Å². The summed E-state index contributed by atoms with van der Waals surface area (Å²) in [6.45, 7) is 1.87. The van der Waals surface area contributed by atoms with Crippen LogP contribution >= 0.6 is 34.8 Å². The molecule has 0 saturated carbocycles. The molecular weight excluding hydrogens is 447 g/mol. The van der Waals surface area contributed by atoms with Crippen LogP contribution in [0.4, 0.5) is 5.69 Å². The monoisotopic (exact) mass is 466 g/mol. The Morgan fingerprint density at radius 2 is 1.80 bits per heavy atom. The molecule has 25 heavy (non-hydrogen) atoms. The third-order valence-corrected chi connectivity index (χ3v) is 5.08. The molecule has 0 spiro atoms. The lowest BCUT2D eigenvalue weighted by molar-refractivity contribution is 0.102. The number of nitrogens with one attached hydrogen (secondary N) is 1. The van der Waals surface area contributed by atoms with Crippen LogP contribution in [0.3, 0.4) is 0 Å². The van der Waals surface area contributed by atoms with Gasteiger partial charge in [0.15, 0.2) is 0 Å². The van der Waals surface area contributed by atoms with E-state index in [1.165, 1.54) is 6.42 Å². The Balaban J connectivity index is 1.64. The summed E-state index contributed by atoms with van der Waals surface area (Å²) in [5, 5.41) is 3.37. The number of ether oxygens (including phenoxy) is 1. The molecule has 1 fully saturated rings. The van der Waals surface area contributed by atoms with Crippen LogP contribution in [0.15, 0.2) is 48.5 Å². The number of nitrogens with zero attached hydrogens (tertiary/aromatic N) is 1. The van der Waals surface area contributed by atoms with Crippen molar-refractivity contribution in [3.8, 4) is 5.75 Å². The Hall–Kier alpha value is -1.67. The number of rotatable bonds is 3. The molecule has 1 saturated heterocycles. The van der Waals surface area contributed by atoms with E-state index in [0.29, 0.717) is 16.5 Å². The van der Waals surface area contributed by atoms with Gasteiger partial charge in [0.05, 0.1) is 0 Å². The van der Waals surface area contributed by atoms with E-state index >= 15 is 0 Å². The Labute approximate surface area is 166 Å². The second-order valence-electron chi connectivity index (χ2n) is 5.90. The Morgan fingerprint density at radius 1 is 1.08 bits per heavy atom. The van der Waals surface area contributed by atoms with Crippen LogP contribution in [-0.4, -0.2) is 29.1 Å². The van der Waals surface area contributed by atoms with Gasteiger partial charge in [-0.3, -0.25) is 4.79 Å². The fourth-order valence-electron chi connectivity index (χ4n) is 2.68. The molecule has 130 valence electrons. The highest BCUT2D eigenvalue weighted by Crippen LogP contribution is 2.18. The third-order valence-electron chi connectivity index (χ3n) is 4.02. The maximum absolute atomic E-state index is 12.4. The fourth-order valence-corrected chi connectivity index (χ4v) is 3.32. The number of piperidine rings is 1. The van der Waals surface area contributed by atoms with Gasteiger partial charge in [0.2, 0.25) is 0 Å². The topological polar surface area (TPSA) is 41.6 Å². The van der Waals surface area contributed by atoms with Gasteiger partial charge in [-0.2, -0.15) is 0 Å². The summed E-state index contributed by atoms with van der Waals surface area (Å²) in [5.74, 6) is 0.418. The van der Waals surface area contributed by atoms with Gasteiger partial charge >= 0.3 is 0 Å². The predicted octanol–water partition coefficient (Wildman–Crippen LogP) is 4.69. The average molecular weight is 466 g/mol. The van der Waals surface area contributed by atoms with Gasteiger partial charge in [0.1, 0.15) is 5.75 Å². The third kappa shape index (κ3) is 5.15. The summed E-state index contributed by atoms with van der Waals surface area (Å²) in [6, 6.07) is 14.8. The minimum absolute atomic E-state index is 0.171. The Bertz CT molecular complexity index is 758. The second kappa shape index (κ2) is 8.62. The minimum Gasteiger partial charge on any atom is -0.432 e. The summed E-state index contributed by atoms with van der Waals surface area (Å²) in [7, 11) is 0. The van der Waals surface area contributed by atoms with Crippen LogP contribution in [0, 0.1) is 3.57 Å². The van der Waals surface area contributed by atoms with E-state index in [2.05, 4.69) is 32.8 Å². The lowest BCUT2D eigenvalue weighted by Gasteiger charge is -2.28. The molecule has 3 rings (SSSR count). The summed E-state index contributed by atoms with van der Waals surface area (Å²) < 4.78 is 6.91. The van der Waals surface area contributed by atoms with Crippen LogP contribution in [0.5, 0.6) is 5.75 Å². The number of hydrogen-bond acceptors (Lipinski definition) is 3. The van der Waals surface area contributed by atoms with E-state index in [9.17, 15) is 4.79 Å². The van der Waals surface area contributed by atoms with E-state index in [4.69, 9.17) is 17.0 Å². The first-order chi connectivity index (χ1) is 12.1. The van der Waals surface area contributed by atoms with E-state index in [0.717, 1.165) is 35.2 Å². The minimum atomic E-state index is -0.171. The van der Waals surface area contributed by atoms with Gasteiger partial charge < -0.3 is 15.0 Å². The predicted molar refractivity (Wildman–Crippen MR) is 112 cm³/mol. The normalized spacial score (nSPS) is 14.0. The quantitative estimate of drug-likeness (QED) is 0.527. The molecule has 1 heterocycles. The first-order valence-electron chi connectivity index (χ1n) is 8.25. The molecule has 1 aliphatic heterocycles. The summed E-state index contributed by atoms with van der Waals surface area (Å²) >= 11 is 7.61. The molecule has 4 nitrogen and oxygen atoms in total. The van der Waals surface area contributed by atoms with E-state index in [-0.39, 0.29) is 5.91 Å². The number of halogens is 1. The molecule has 0 unspecified atom stereocenters. The zero-order chi connectivity index (χ0) is 17.6. The zero-order valence-corrected chi connectivity index (χ0v) is 16.7. The number of carbonyl (C=O) groups is 1. The highest BCUT2D eigenvalue weighted by atomic mass is 127. The molecule has 6 heteroatoms. The zero-order valence-electron chi connectivity index (χ0n) is 13.7. The van der Waals surface area contributed by atoms with E-state index in [1.807, 2.05) is 30.3 Å². The van der Waals surface area contributed by atoms with Crippen LogP contribution < -0.4 is 10.1 Å². The number of benzene rings is 2. The van der Waals surface area contributed by atoms with Crippen LogP contribution in [0.1, 0.15) is 29.6 Å². The molecule has 1 amide bonds. The molecule has 0 aliphatic carbocycles. The smallest absolute Gasteiger partial charge is 0.264 e. The maximum atomic E-state index is 12.4. The van der Waals surface area contributed by atoms with E-state index < -0.39 is 0 Å². The van der Waals surface area contributed by atoms with Gasteiger partial charge in [-0.25, -0.2) is 0 Å². The van der Waals surface area contributed by atoms with Crippen molar-refractivity contribution in [1.29, 1.82) is 0 Å². The molecule has 1 N–H and O–H groups in total. The fraction of sp³-hybridized carbons (Fsp3) is 0.263. The molecule has 0 aromatic heterocycles. The molecule has 0 bridgehead atoms. The van der Waals surface area contributed by atoms with Gasteiger partial charge in [0, 0.05) is 27.9 Å². The highest BCUT2D eigenvalue weighted by Gasteiger charge is 2.15. The molecule has 1 aliphatic rings. The molecule has 2 aromatic rings. The van der Waals surface area contributed by atoms with Crippen molar-refractivity contribution in [2.45, 2.75) is 19.3 Å². The lowest BCUT2D eigenvalue weighted by atomic mass is 10.1. The molecule has 0 radical (unpaired) electrons. The maximum Gasteiger partial charge on any atom is 0.264 e. The van der Waals surface area contributed by atoms with Gasteiger partial charge in [-0.1, -0.05) is 6.07 Å². The van der Waals surface area contributed by atoms with Gasteiger partial charge in [-0.05, 0) is 96.5 Å². The standard InChI is InChI=1S/C19H19IN2O2S/c20-15-7-9-16(10-8-15)21-18(23)14-5-4-6-17(13-14)24-19(25)22-11-2-1-3-12-22/h4-10,13H,1-3,11-12H2,(H,21,23). The molecular formula is C19H19IN2O2S. The van der Waals surface area contributed by atoms with Crippen molar-refractivity contribution < 1.29 is 9.53 Å². The Morgan fingerprint density at radius 3 is 2.52 bits per heavy atom. The number of anilines is 1. The van der Waals surface area contributed by atoms with Crippen LogP contribution in [-0.2, 0) is 0 Å². The number of carbonyl (C=O) groups excluding carboxylic acids is 1. The van der Waals surface area contributed by atoms with Crippen molar-refractivity contribution in [3.05, 3.63) is 57.7 Å². The molecule has 0 atom stereocenters. The summed E-state index contributed by atoms with van der Waals surface area (Å²) in [4.78, 5) is 14.5. The molecule has 2 aromatic carbocycles. The number of amides is 1. The van der Waals surface area contributed by atoms with Crippen LogP contribution in [0.2, 0.25) is 0 Å². The van der Waals surface area contributed by atoms with Crippen molar-refractivity contribution in [2.75, 3.05) is 18.4 Å². The largest absolute Gasteiger partial charge is 0.432 e. The first-order valence-corrected chi connectivity index (χ1v) is 9.74. The number of thiocarbonyl (C=S) groups is 1.